The van der Waals surface area contributed by atoms with Crippen LogP contribution < -0.4 is 16.2 Å². The summed E-state index contributed by atoms with van der Waals surface area (Å²) in [6.07, 6.45) is 2.19. The van der Waals surface area contributed by atoms with Crippen LogP contribution in [0.4, 0.5) is 5.69 Å². The van der Waals surface area contributed by atoms with Crippen LogP contribution in [-0.4, -0.2) is 24.9 Å². The van der Waals surface area contributed by atoms with Crippen LogP contribution in [0, 0.1) is 0 Å². The largest absolute Gasteiger partial charge is 0.419 e. The molecular formula is C26H29N5O3S. The number of anilines is 1. The van der Waals surface area contributed by atoms with E-state index < -0.39 is 15.6 Å². The standard InChI is InChI=1S/C26H29N5O3S/c1-26(28,16-18-8-4-3-5-9-18)25-30-29-24(34-25)22-13-19(14-23(15-22)31-35(2,32)33)12-20-10-6-7-11-21(20)17-27/h3-11,13-15,31H,12,16-17,27-28H2,1-2H3. The second-order valence-corrected chi connectivity index (χ2v) is 10.7. The van der Waals surface area contributed by atoms with E-state index >= 15 is 0 Å². The molecule has 0 radical (unpaired) electrons. The van der Waals surface area contributed by atoms with Gasteiger partial charge in [-0.1, -0.05) is 54.6 Å². The molecule has 1 unspecified atom stereocenters. The van der Waals surface area contributed by atoms with E-state index in [0.717, 1.165) is 28.5 Å². The van der Waals surface area contributed by atoms with Crippen molar-refractivity contribution in [3.8, 4) is 11.5 Å². The molecule has 0 bridgehead atoms. The Hall–Kier alpha value is -3.53. The third-order valence-corrected chi connectivity index (χ3v) is 6.21. The summed E-state index contributed by atoms with van der Waals surface area (Å²) in [5.41, 5.74) is 16.6. The van der Waals surface area contributed by atoms with Gasteiger partial charge in [0, 0.05) is 17.8 Å². The topological polar surface area (TPSA) is 137 Å². The highest BCUT2D eigenvalue weighted by Crippen LogP contribution is 2.29. The summed E-state index contributed by atoms with van der Waals surface area (Å²) >= 11 is 0. The highest BCUT2D eigenvalue weighted by Gasteiger charge is 2.29. The molecule has 1 heterocycles. The third kappa shape index (κ3) is 6.33. The van der Waals surface area contributed by atoms with Gasteiger partial charge in [-0.2, -0.15) is 0 Å². The van der Waals surface area contributed by atoms with Crippen molar-refractivity contribution in [3.63, 3.8) is 0 Å². The number of nitrogens with zero attached hydrogens (tertiary/aromatic N) is 2. The zero-order chi connectivity index (χ0) is 25.1. The number of sulfonamides is 1. The second-order valence-electron chi connectivity index (χ2n) is 8.93. The molecule has 3 aromatic carbocycles. The number of aromatic nitrogens is 2. The maximum Gasteiger partial charge on any atom is 0.247 e. The number of nitrogens with two attached hydrogens (primary N) is 2. The Bertz CT molecular complexity index is 1420. The monoisotopic (exact) mass is 491 g/mol. The van der Waals surface area contributed by atoms with Gasteiger partial charge < -0.3 is 15.9 Å². The number of benzene rings is 3. The van der Waals surface area contributed by atoms with Gasteiger partial charge in [-0.25, -0.2) is 8.42 Å². The predicted molar refractivity (Wildman–Crippen MR) is 137 cm³/mol. The molecular weight excluding hydrogens is 462 g/mol. The summed E-state index contributed by atoms with van der Waals surface area (Å²) in [5, 5.41) is 8.43. The van der Waals surface area contributed by atoms with Gasteiger partial charge in [0.25, 0.3) is 0 Å². The normalized spacial score (nSPS) is 13.4. The van der Waals surface area contributed by atoms with Crippen molar-refractivity contribution in [1.82, 2.24) is 10.2 Å². The van der Waals surface area contributed by atoms with Crippen molar-refractivity contribution >= 4 is 15.7 Å². The van der Waals surface area contributed by atoms with Crippen LogP contribution in [0.5, 0.6) is 0 Å². The molecule has 4 aromatic rings. The number of rotatable bonds is 9. The Morgan fingerprint density at radius 3 is 2.31 bits per heavy atom. The lowest BCUT2D eigenvalue weighted by Gasteiger charge is -2.20. The quantitative estimate of drug-likeness (QED) is 0.325. The summed E-state index contributed by atoms with van der Waals surface area (Å²) in [6, 6.07) is 23.1. The molecule has 8 nitrogen and oxygen atoms in total. The van der Waals surface area contributed by atoms with Crippen molar-refractivity contribution in [2.24, 2.45) is 11.5 Å². The van der Waals surface area contributed by atoms with E-state index in [1.807, 2.05) is 67.6 Å². The molecule has 0 aliphatic rings. The van der Waals surface area contributed by atoms with Crippen LogP contribution in [0.3, 0.4) is 0 Å². The zero-order valence-electron chi connectivity index (χ0n) is 19.7. The van der Waals surface area contributed by atoms with E-state index in [1.54, 1.807) is 12.1 Å². The first-order chi connectivity index (χ1) is 16.6. The Morgan fingerprint density at radius 1 is 0.943 bits per heavy atom. The molecule has 1 aromatic heterocycles. The summed E-state index contributed by atoms with van der Waals surface area (Å²) < 4.78 is 32.4. The van der Waals surface area contributed by atoms with Gasteiger partial charge in [0.1, 0.15) is 0 Å². The molecule has 0 amide bonds. The lowest BCUT2D eigenvalue weighted by Crippen LogP contribution is -2.35. The van der Waals surface area contributed by atoms with Crippen molar-refractivity contribution < 1.29 is 12.8 Å². The second kappa shape index (κ2) is 9.99. The van der Waals surface area contributed by atoms with Gasteiger partial charge in [-0.05, 0) is 60.2 Å². The molecule has 0 saturated carbocycles. The van der Waals surface area contributed by atoms with Crippen molar-refractivity contribution in [1.29, 1.82) is 0 Å². The maximum atomic E-state index is 11.9. The Morgan fingerprint density at radius 2 is 1.63 bits per heavy atom. The van der Waals surface area contributed by atoms with Gasteiger partial charge >= 0.3 is 0 Å². The van der Waals surface area contributed by atoms with E-state index in [4.69, 9.17) is 15.9 Å². The van der Waals surface area contributed by atoms with Crippen LogP contribution in [0.1, 0.15) is 35.1 Å². The molecule has 0 aliphatic heterocycles. The number of hydrogen-bond donors (Lipinski definition) is 3. The van der Waals surface area contributed by atoms with E-state index in [9.17, 15) is 8.42 Å². The van der Waals surface area contributed by atoms with E-state index in [2.05, 4.69) is 14.9 Å². The van der Waals surface area contributed by atoms with E-state index in [0.29, 0.717) is 36.5 Å². The fraction of sp³-hybridized carbons (Fsp3) is 0.231. The van der Waals surface area contributed by atoms with Gasteiger partial charge in [-0.15, -0.1) is 10.2 Å². The highest BCUT2D eigenvalue weighted by molar-refractivity contribution is 7.92. The van der Waals surface area contributed by atoms with Crippen LogP contribution in [0.2, 0.25) is 0 Å². The van der Waals surface area contributed by atoms with Gasteiger partial charge in [0.15, 0.2) is 0 Å². The molecule has 35 heavy (non-hydrogen) atoms. The van der Waals surface area contributed by atoms with E-state index in [1.165, 1.54) is 0 Å². The maximum absolute atomic E-state index is 11.9. The van der Waals surface area contributed by atoms with E-state index in [-0.39, 0.29) is 5.89 Å². The Balaban J connectivity index is 1.69. The molecule has 1 atom stereocenters. The smallest absolute Gasteiger partial charge is 0.247 e. The summed E-state index contributed by atoms with van der Waals surface area (Å²) in [6.45, 7) is 2.25. The fourth-order valence-corrected chi connectivity index (χ4v) is 4.55. The Kier molecular flexibility index (Phi) is 7.02. The predicted octanol–water partition coefficient (Wildman–Crippen LogP) is 3.57. The van der Waals surface area contributed by atoms with Crippen LogP contribution in [-0.2, 0) is 34.9 Å². The summed E-state index contributed by atoms with van der Waals surface area (Å²) in [4.78, 5) is 0. The van der Waals surface area contributed by atoms with Gasteiger partial charge in [0.2, 0.25) is 21.8 Å². The van der Waals surface area contributed by atoms with Crippen molar-refractivity contribution in [2.75, 3.05) is 11.0 Å². The van der Waals surface area contributed by atoms with Crippen molar-refractivity contribution in [3.05, 3.63) is 101 Å². The average molecular weight is 492 g/mol. The number of nitrogens with one attached hydrogen (secondary N) is 1. The first-order valence-electron chi connectivity index (χ1n) is 11.2. The minimum Gasteiger partial charge on any atom is -0.419 e. The lowest BCUT2D eigenvalue weighted by atomic mass is 9.94. The molecule has 0 saturated heterocycles. The molecule has 0 spiro atoms. The number of hydrogen-bond acceptors (Lipinski definition) is 7. The first kappa shape index (κ1) is 24.6. The van der Waals surface area contributed by atoms with Crippen LogP contribution >= 0.6 is 0 Å². The molecule has 182 valence electrons. The van der Waals surface area contributed by atoms with Crippen LogP contribution in [0.15, 0.2) is 77.2 Å². The zero-order valence-corrected chi connectivity index (χ0v) is 20.5. The SMILES string of the molecule is CC(N)(Cc1ccccc1)c1nnc(-c2cc(Cc3ccccc3CN)cc(NS(C)(=O)=O)c2)o1. The molecule has 0 fully saturated rings. The third-order valence-electron chi connectivity index (χ3n) is 5.60. The molecule has 9 heteroatoms. The highest BCUT2D eigenvalue weighted by atomic mass is 32.2. The summed E-state index contributed by atoms with van der Waals surface area (Å²) in [7, 11) is -3.49. The summed E-state index contributed by atoms with van der Waals surface area (Å²) in [5.74, 6) is 0.558. The minimum absolute atomic E-state index is 0.259. The van der Waals surface area contributed by atoms with Crippen LogP contribution in [0.25, 0.3) is 11.5 Å². The minimum atomic E-state index is -3.49. The first-order valence-corrected chi connectivity index (χ1v) is 13.1. The Labute approximate surface area is 205 Å². The fourth-order valence-electron chi connectivity index (χ4n) is 4.01. The molecule has 5 N–H and O–H groups in total. The average Bonchev–Trinajstić information content (AvgIpc) is 3.30. The van der Waals surface area contributed by atoms with Gasteiger partial charge in [0.05, 0.1) is 11.8 Å². The molecule has 4 rings (SSSR count). The van der Waals surface area contributed by atoms with Gasteiger partial charge in [-0.3, -0.25) is 4.72 Å². The lowest BCUT2D eigenvalue weighted by molar-refractivity contribution is 0.355. The molecule has 0 aliphatic carbocycles. The van der Waals surface area contributed by atoms with Crippen molar-refractivity contribution in [2.45, 2.75) is 31.8 Å².